The Kier molecular flexibility index (Phi) is 9.87. The number of nitrogens with two attached hydrogens (primary N) is 1. The standard InChI is InChI=1S/C31H30Cl2N2O6/c1-4-6-12-38-25-10-7-18(15-27(25)37-3)28-21-9-8-20(16-26(21)41-30(35)22(28)17-34)40-31(36)19-13-23(32)29(24(33)14-19)39-11-5-2/h7-10,13-16,28H,4-6,11-12,35H2,1-3H3. The van der Waals surface area contributed by atoms with E-state index >= 15 is 0 Å². The van der Waals surface area contributed by atoms with Crippen LogP contribution in [0.15, 0.2) is 60.0 Å². The molecule has 1 unspecified atom stereocenters. The molecule has 3 aromatic rings. The first-order valence-electron chi connectivity index (χ1n) is 13.2. The molecule has 0 saturated carbocycles. The third-order valence-corrected chi connectivity index (χ3v) is 6.92. The predicted molar refractivity (Wildman–Crippen MR) is 156 cm³/mol. The third-order valence-electron chi connectivity index (χ3n) is 6.36. The van der Waals surface area contributed by atoms with Gasteiger partial charge in [0.15, 0.2) is 17.2 Å². The van der Waals surface area contributed by atoms with Gasteiger partial charge in [-0.05, 0) is 48.7 Å². The van der Waals surface area contributed by atoms with Gasteiger partial charge < -0.3 is 29.4 Å². The quantitative estimate of drug-likeness (QED) is 0.138. The number of nitrogens with zero attached hydrogens (tertiary/aromatic N) is 1. The Hall–Kier alpha value is -4.06. The highest BCUT2D eigenvalue weighted by atomic mass is 35.5. The molecule has 0 spiro atoms. The van der Waals surface area contributed by atoms with Crippen LogP contribution in [0.1, 0.15) is 60.5 Å². The van der Waals surface area contributed by atoms with E-state index in [4.69, 9.17) is 52.6 Å². The van der Waals surface area contributed by atoms with E-state index < -0.39 is 11.9 Å². The molecule has 2 N–H and O–H groups in total. The van der Waals surface area contributed by atoms with Gasteiger partial charge in [-0.15, -0.1) is 0 Å². The summed E-state index contributed by atoms with van der Waals surface area (Å²) >= 11 is 12.6. The summed E-state index contributed by atoms with van der Waals surface area (Å²) in [4.78, 5) is 12.9. The number of nitriles is 1. The number of carbonyl (C=O) groups excluding carboxylic acids is 1. The number of hydrogen-bond donors (Lipinski definition) is 1. The maximum atomic E-state index is 12.9. The maximum absolute atomic E-state index is 12.9. The van der Waals surface area contributed by atoms with Crippen LogP contribution in [0.3, 0.4) is 0 Å². The number of benzene rings is 3. The van der Waals surface area contributed by atoms with Crippen molar-refractivity contribution in [2.45, 2.75) is 39.0 Å². The molecule has 8 nitrogen and oxygen atoms in total. The van der Waals surface area contributed by atoms with Crippen LogP contribution >= 0.6 is 23.2 Å². The Balaban J connectivity index is 1.62. The highest BCUT2D eigenvalue weighted by Crippen LogP contribution is 2.45. The van der Waals surface area contributed by atoms with Gasteiger partial charge >= 0.3 is 5.97 Å². The molecule has 0 radical (unpaired) electrons. The SMILES string of the molecule is CCCCOc1ccc(C2C(C#N)=C(N)Oc3cc(OC(=O)c4cc(Cl)c(OCCC)c(Cl)c4)ccc32)cc1OC. The van der Waals surface area contributed by atoms with Gasteiger partial charge in [-0.2, -0.15) is 5.26 Å². The molecule has 1 aliphatic heterocycles. The average molecular weight is 597 g/mol. The topological polar surface area (TPSA) is 113 Å². The molecule has 4 rings (SSSR count). The minimum atomic E-state index is -0.673. The minimum absolute atomic E-state index is 0.0445. The van der Waals surface area contributed by atoms with Gasteiger partial charge in [-0.25, -0.2) is 4.79 Å². The van der Waals surface area contributed by atoms with Crippen molar-refractivity contribution < 1.29 is 28.5 Å². The molecule has 1 atom stereocenters. The first-order valence-corrected chi connectivity index (χ1v) is 13.9. The molecule has 0 amide bonds. The largest absolute Gasteiger partial charge is 0.493 e. The Morgan fingerprint density at radius 1 is 1.00 bits per heavy atom. The fourth-order valence-corrected chi connectivity index (χ4v) is 4.93. The lowest BCUT2D eigenvalue weighted by atomic mass is 9.83. The van der Waals surface area contributed by atoms with Crippen LogP contribution in [0.2, 0.25) is 10.0 Å². The molecule has 0 fully saturated rings. The number of allylic oxidation sites excluding steroid dienone is 1. The first-order chi connectivity index (χ1) is 19.8. The van der Waals surface area contributed by atoms with Crippen LogP contribution in [0.4, 0.5) is 0 Å². The second-order valence-electron chi connectivity index (χ2n) is 9.24. The predicted octanol–water partition coefficient (Wildman–Crippen LogP) is 7.41. The molecular formula is C31H30Cl2N2O6. The Bertz CT molecular complexity index is 1490. The number of ether oxygens (including phenoxy) is 5. The van der Waals surface area contributed by atoms with Crippen molar-refractivity contribution in [3.63, 3.8) is 0 Å². The number of halogens is 2. The average Bonchev–Trinajstić information content (AvgIpc) is 2.96. The molecule has 0 saturated heterocycles. The third kappa shape index (κ3) is 6.64. The summed E-state index contributed by atoms with van der Waals surface area (Å²) < 4.78 is 28.4. The van der Waals surface area contributed by atoms with E-state index in [1.807, 2.05) is 25.1 Å². The number of hydrogen-bond acceptors (Lipinski definition) is 8. The Labute approximate surface area is 249 Å². The van der Waals surface area contributed by atoms with Crippen molar-refractivity contribution in [1.82, 2.24) is 0 Å². The van der Waals surface area contributed by atoms with E-state index in [0.29, 0.717) is 41.8 Å². The summed E-state index contributed by atoms with van der Waals surface area (Å²) in [7, 11) is 1.56. The molecular weight excluding hydrogens is 567 g/mol. The van der Waals surface area contributed by atoms with Crippen molar-refractivity contribution in [3.05, 3.63) is 86.7 Å². The molecule has 10 heteroatoms. The van der Waals surface area contributed by atoms with Crippen LogP contribution in [-0.4, -0.2) is 26.3 Å². The molecule has 3 aromatic carbocycles. The molecule has 1 heterocycles. The summed E-state index contributed by atoms with van der Waals surface area (Å²) in [5, 5.41) is 10.3. The minimum Gasteiger partial charge on any atom is -0.493 e. The summed E-state index contributed by atoms with van der Waals surface area (Å²) in [6, 6.07) is 15.4. The van der Waals surface area contributed by atoms with Crippen LogP contribution in [-0.2, 0) is 0 Å². The van der Waals surface area contributed by atoms with E-state index in [1.165, 1.54) is 12.1 Å². The molecule has 1 aliphatic rings. The van der Waals surface area contributed by atoms with Crippen molar-refractivity contribution in [1.29, 1.82) is 5.26 Å². The van der Waals surface area contributed by atoms with Crippen LogP contribution in [0.5, 0.6) is 28.7 Å². The second kappa shape index (κ2) is 13.5. The summed E-state index contributed by atoms with van der Waals surface area (Å²) in [6.45, 7) is 5.05. The zero-order chi connectivity index (χ0) is 29.5. The van der Waals surface area contributed by atoms with Gasteiger partial charge in [0.1, 0.15) is 23.1 Å². The molecule has 214 valence electrons. The molecule has 0 aliphatic carbocycles. The number of rotatable bonds is 11. The number of methoxy groups -OCH3 is 1. The van der Waals surface area contributed by atoms with E-state index in [9.17, 15) is 10.1 Å². The van der Waals surface area contributed by atoms with Crippen molar-refractivity contribution in [2.24, 2.45) is 5.73 Å². The van der Waals surface area contributed by atoms with Crippen LogP contribution in [0, 0.1) is 11.3 Å². The van der Waals surface area contributed by atoms with Crippen LogP contribution < -0.4 is 29.4 Å². The molecule has 0 bridgehead atoms. The maximum Gasteiger partial charge on any atom is 0.343 e. The van der Waals surface area contributed by atoms with E-state index in [2.05, 4.69) is 13.0 Å². The molecule has 41 heavy (non-hydrogen) atoms. The number of esters is 1. The summed E-state index contributed by atoms with van der Waals surface area (Å²) in [6.07, 6.45) is 2.70. The van der Waals surface area contributed by atoms with Crippen molar-refractivity contribution in [2.75, 3.05) is 20.3 Å². The lowest BCUT2D eigenvalue weighted by molar-refractivity contribution is 0.0734. The highest BCUT2D eigenvalue weighted by Gasteiger charge is 2.32. The van der Waals surface area contributed by atoms with Gasteiger partial charge in [-0.1, -0.05) is 55.6 Å². The van der Waals surface area contributed by atoms with Gasteiger partial charge in [0.25, 0.3) is 0 Å². The summed E-state index contributed by atoms with van der Waals surface area (Å²) in [5.41, 5.74) is 7.99. The van der Waals surface area contributed by atoms with Gasteiger partial charge in [0, 0.05) is 11.6 Å². The first kappa shape index (κ1) is 29.9. The molecule has 0 aromatic heterocycles. The van der Waals surface area contributed by atoms with Gasteiger partial charge in [0.05, 0.1) is 41.9 Å². The van der Waals surface area contributed by atoms with E-state index in [0.717, 1.165) is 24.8 Å². The van der Waals surface area contributed by atoms with Gasteiger partial charge in [-0.3, -0.25) is 0 Å². The van der Waals surface area contributed by atoms with Crippen LogP contribution in [0.25, 0.3) is 0 Å². The summed E-state index contributed by atoms with van der Waals surface area (Å²) in [5.74, 6) is 0.754. The van der Waals surface area contributed by atoms with E-state index in [-0.39, 0.29) is 32.8 Å². The highest BCUT2D eigenvalue weighted by molar-refractivity contribution is 6.37. The normalized spacial score (nSPS) is 14.0. The Morgan fingerprint density at radius 2 is 1.76 bits per heavy atom. The van der Waals surface area contributed by atoms with Crippen molar-refractivity contribution >= 4 is 29.2 Å². The monoisotopic (exact) mass is 596 g/mol. The number of carbonyl (C=O) groups is 1. The zero-order valence-corrected chi connectivity index (χ0v) is 24.5. The fraction of sp³-hybridized carbons (Fsp3) is 0.290. The Morgan fingerprint density at radius 3 is 2.41 bits per heavy atom. The smallest absolute Gasteiger partial charge is 0.343 e. The lowest BCUT2D eigenvalue weighted by Crippen LogP contribution is -2.21. The number of fused-ring (bicyclic) bond motifs is 1. The zero-order valence-electron chi connectivity index (χ0n) is 23.0. The van der Waals surface area contributed by atoms with Crippen molar-refractivity contribution in [3.8, 4) is 34.8 Å². The lowest BCUT2D eigenvalue weighted by Gasteiger charge is -2.27. The fourth-order valence-electron chi connectivity index (χ4n) is 4.34. The second-order valence-corrected chi connectivity index (χ2v) is 10.1. The van der Waals surface area contributed by atoms with E-state index in [1.54, 1.807) is 25.3 Å². The van der Waals surface area contributed by atoms with Gasteiger partial charge in [0.2, 0.25) is 5.88 Å². The number of unbranched alkanes of at least 4 members (excludes halogenated alkanes) is 1.